The molecule has 0 radical (unpaired) electrons. The van der Waals surface area contributed by atoms with Crippen LogP contribution in [0.1, 0.15) is 55.7 Å². The van der Waals surface area contributed by atoms with Crippen LogP contribution >= 0.6 is 23.2 Å². The van der Waals surface area contributed by atoms with E-state index in [1.165, 1.54) is 0 Å². The molecule has 0 aliphatic carbocycles. The molecule has 0 saturated heterocycles. The lowest BCUT2D eigenvalue weighted by molar-refractivity contribution is -0.134. The third-order valence-electron chi connectivity index (χ3n) is 6.55. The normalized spacial score (nSPS) is 11.9. The average Bonchev–Trinajstić information content (AvgIpc) is 3.33. The van der Waals surface area contributed by atoms with Gasteiger partial charge in [0.2, 0.25) is 5.91 Å². The fourth-order valence-corrected chi connectivity index (χ4v) is 4.62. The van der Waals surface area contributed by atoms with E-state index in [0.717, 1.165) is 23.4 Å². The third kappa shape index (κ3) is 7.78. The SMILES string of the molecule is CCC(C)N(Cc1cccn1Cc1cccc(OC)c1)C(=O)CN(CC(C)C)C(=O)c1ccc(Cl)c(Cl)c1. The number of hydrogen-bond acceptors (Lipinski definition) is 3. The molecule has 8 heteroatoms. The maximum atomic E-state index is 13.7. The molecule has 0 bridgehead atoms. The molecule has 3 rings (SSSR count). The standard InChI is InChI=1S/C30H37Cl2N3O3/c1-6-22(4)35(19-25-10-8-14-33(25)18-23-9-7-11-26(15-23)38-5)29(36)20-34(17-21(2)3)30(37)24-12-13-27(31)28(32)16-24/h7-16,21-22H,6,17-20H2,1-5H3. The fraction of sp³-hybridized carbons (Fsp3) is 0.400. The Hall–Kier alpha value is -2.96. The van der Waals surface area contributed by atoms with E-state index >= 15 is 0 Å². The number of benzene rings is 2. The van der Waals surface area contributed by atoms with E-state index in [2.05, 4.69) is 17.6 Å². The van der Waals surface area contributed by atoms with Gasteiger partial charge in [-0.15, -0.1) is 0 Å². The van der Waals surface area contributed by atoms with Crippen molar-refractivity contribution >= 4 is 35.0 Å². The second-order valence-electron chi connectivity index (χ2n) is 9.97. The van der Waals surface area contributed by atoms with Crippen LogP contribution in [-0.4, -0.2) is 52.4 Å². The van der Waals surface area contributed by atoms with Crippen LogP contribution in [0.2, 0.25) is 10.0 Å². The highest BCUT2D eigenvalue weighted by Gasteiger charge is 2.26. The number of amides is 2. The van der Waals surface area contributed by atoms with Crippen molar-refractivity contribution in [2.24, 2.45) is 5.92 Å². The van der Waals surface area contributed by atoms with Crippen molar-refractivity contribution in [2.75, 3.05) is 20.2 Å². The van der Waals surface area contributed by atoms with Gasteiger partial charge in [0.25, 0.3) is 5.91 Å². The molecule has 0 fully saturated rings. The molecule has 204 valence electrons. The zero-order chi connectivity index (χ0) is 27.8. The topological polar surface area (TPSA) is 54.8 Å². The first-order valence-electron chi connectivity index (χ1n) is 12.9. The summed E-state index contributed by atoms with van der Waals surface area (Å²) in [6, 6.07) is 16.8. The minimum Gasteiger partial charge on any atom is -0.497 e. The lowest BCUT2D eigenvalue weighted by atomic mass is 10.1. The van der Waals surface area contributed by atoms with Crippen molar-refractivity contribution < 1.29 is 14.3 Å². The van der Waals surface area contributed by atoms with Gasteiger partial charge in [-0.1, -0.05) is 56.1 Å². The van der Waals surface area contributed by atoms with Crippen LogP contribution in [0.25, 0.3) is 0 Å². The van der Waals surface area contributed by atoms with Gasteiger partial charge in [0.05, 0.1) is 23.7 Å². The highest BCUT2D eigenvalue weighted by Crippen LogP contribution is 2.24. The number of carbonyl (C=O) groups excluding carboxylic acids is 2. The van der Waals surface area contributed by atoms with Crippen LogP contribution in [0, 0.1) is 5.92 Å². The molecule has 1 aromatic heterocycles. The molecule has 6 nitrogen and oxygen atoms in total. The third-order valence-corrected chi connectivity index (χ3v) is 7.29. The minimum atomic E-state index is -0.240. The molecular weight excluding hydrogens is 521 g/mol. The molecular formula is C30H37Cl2N3O3. The molecule has 2 amide bonds. The van der Waals surface area contributed by atoms with Crippen LogP contribution < -0.4 is 4.74 Å². The van der Waals surface area contributed by atoms with Crippen LogP contribution in [0.5, 0.6) is 5.75 Å². The van der Waals surface area contributed by atoms with E-state index in [0.29, 0.717) is 35.2 Å². The van der Waals surface area contributed by atoms with Crippen molar-refractivity contribution in [3.63, 3.8) is 0 Å². The highest BCUT2D eigenvalue weighted by atomic mass is 35.5. The summed E-state index contributed by atoms with van der Waals surface area (Å²) in [5.41, 5.74) is 2.54. The smallest absolute Gasteiger partial charge is 0.254 e. The van der Waals surface area contributed by atoms with Gasteiger partial charge in [0.1, 0.15) is 12.3 Å². The Kier molecular flexibility index (Phi) is 10.7. The Morgan fingerprint density at radius 1 is 1.00 bits per heavy atom. The molecule has 0 N–H and O–H groups in total. The van der Waals surface area contributed by atoms with Gasteiger partial charge >= 0.3 is 0 Å². The Labute approximate surface area is 236 Å². The molecule has 3 aromatic rings. The van der Waals surface area contributed by atoms with E-state index in [1.54, 1.807) is 30.2 Å². The highest BCUT2D eigenvalue weighted by molar-refractivity contribution is 6.42. The first kappa shape index (κ1) is 29.6. The van der Waals surface area contributed by atoms with Crippen LogP contribution in [0.3, 0.4) is 0 Å². The summed E-state index contributed by atoms with van der Waals surface area (Å²) in [5, 5.41) is 0.695. The number of ether oxygens (including phenoxy) is 1. The maximum absolute atomic E-state index is 13.7. The van der Waals surface area contributed by atoms with E-state index in [-0.39, 0.29) is 30.3 Å². The number of hydrogen-bond donors (Lipinski definition) is 0. The van der Waals surface area contributed by atoms with Crippen LogP contribution in [0.15, 0.2) is 60.8 Å². The number of nitrogens with zero attached hydrogens (tertiary/aromatic N) is 3. The summed E-state index contributed by atoms with van der Waals surface area (Å²) in [6.07, 6.45) is 2.82. The Morgan fingerprint density at radius 3 is 2.42 bits per heavy atom. The summed E-state index contributed by atoms with van der Waals surface area (Å²) < 4.78 is 7.51. The Morgan fingerprint density at radius 2 is 1.76 bits per heavy atom. The number of rotatable bonds is 12. The zero-order valence-corrected chi connectivity index (χ0v) is 24.3. The molecule has 0 aliphatic rings. The van der Waals surface area contributed by atoms with Gasteiger partial charge in [0.15, 0.2) is 0 Å². The summed E-state index contributed by atoms with van der Waals surface area (Å²) in [6.45, 7) is 9.70. The second-order valence-corrected chi connectivity index (χ2v) is 10.8. The first-order valence-corrected chi connectivity index (χ1v) is 13.7. The van der Waals surface area contributed by atoms with Gasteiger partial charge in [-0.05, 0) is 67.3 Å². The Balaban J connectivity index is 1.81. The quantitative estimate of drug-likeness (QED) is 0.246. The van der Waals surface area contributed by atoms with Crippen molar-refractivity contribution in [1.82, 2.24) is 14.4 Å². The molecule has 1 unspecified atom stereocenters. The monoisotopic (exact) mass is 557 g/mol. The first-order chi connectivity index (χ1) is 18.1. The molecule has 38 heavy (non-hydrogen) atoms. The zero-order valence-electron chi connectivity index (χ0n) is 22.8. The molecule has 0 aliphatic heterocycles. The predicted molar refractivity (Wildman–Crippen MR) is 154 cm³/mol. The van der Waals surface area contributed by atoms with Gasteiger partial charge in [0, 0.05) is 36.6 Å². The fourth-order valence-electron chi connectivity index (χ4n) is 4.33. The maximum Gasteiger partial charge on any atom is 0.254 e. The van der Waals surface area contributed by atoms with Crippen LogP contribution in [0.4, 0.5) is 0 Å². The predicted octanol–water partition coefficient (Wildman–Crippen LogP) is 6.78. The molecule has 1 atom stereocenters. The minimum absolute atomic E-state index is 0.00338. The van der Waals surface area contributed by atoms with E-state index < -0.39 is 0 Å². The van der Waals surface area contributed by atoms with Crippen LogP contribution in [-0.2, 0) is 17.9 Å². The van der Waals surface area contributed by atoms with Gasteiger partial charge in [-0.25, -0.2) is 0 Å². The van der Waals surface area contributed by atoms with Gasteiger partial charge in [-0.3, -0.25) is 9.59 Å². The van der Waals surface area contributed by atoms with Crippen molar-refractivity contribution in [1.29, 1.82) is 0 Å². The number of halogens is 2. The Bertz CT molecular complexity index is 1240. The second kappa shape index (κ2) is 13.7. The summed E-state index contributed by atoms with van der Waals surface area (Å²) in [7, 11) is 1.66. The molecule has 0 spiro atoms. The van der Waals surface area contributed by atoms with E-state index in [1.807, 2.05) is 62.2 Å². The summed E-state index contributed by atoms with van der Waals surface area (Å²) in [5.74, 6) is 0.662. The summed E-state index contributed by atoms with van der Waals surface area (Å²) >= 11 is 12.2. The molecule has 1 heterocycles. The van der Waals surface area contributed by atoms with Crippen molar-refractivity contribution in [2.45, 2.75) is 53.2 Å². The van der Waals surface area contributed by atoms with Crippen molar-refractivity contribution in [3.8, 4) is 5.75 Å². The lowest BCUT2D eigenvalue weighted by Crippen LogP contribution is -2.47. The number of aromatic nitrogens is 1. The molecule has 2 aromatic carbocycles. The lowest BCUT2D eigenvalue weighted by Gasteiger charge is -2.32. The van der Waals surface area contributed by atoms with Gasteiger partial charge in [-0.2, -0.15) is 0 Å². The average molecular weight is 559 g/mol. The van der Waals surface area contributed by atoms with E-state index in [4.69, 9.17) is 27.9 Å². The number of carbonyl (C=O) groups is 2. The van der Waals surface area contributed by atoms with E-state index in [9.17, 15) is 9.59 Å². The largest absolute Gasteiger partial charge is 0.497 e. The van der Waals surface area contributed by atoms with Gasteiger partial charge < -0.3 is 19.1 Å². The molecule has 0 saturated carbocycles. The number of methoxy groups -OCH3 is 1. The van der Waals surface area contributed by atoms with Crippen molar-refractivity contribution in [3.05, 3.63) is 87.7 Å². The summed E-state index contributed by atoms with van der Waals surface area (Å²) in [4.78, 5) is 30.6.